The number of carbonyl (C=O) groups excluding carboxylic acids is 1. The van der Waals surface area contributed by atoms with Gasteiger partial charge in [0.25, 0.3) is 5.91 Å². The number of rotatable bonds is 3. The molecule has 29 heavy (non-hydrogen) atoms. The second-order valence-electron chi connectivity index (χ2n) is 6.69. The zero-order valence-corrected chi connectivity index (χ0v) is 17.0. The highest BCUT2D eigenvalue weighted by atomic mass is 35.5. The molecule has 0 aliphatic rings. The molecule has 0 saturated heterocycles. The monoisotopic (exact) mass is 418 g/mol. The lowest BCUT2D eigenvalue weighted by molar-refractivity contribution is 0.0998. The van der Waals surface area contributed by atoms with Crippen LogP contribution in [0.25, 0.3) is 31.8 Å². The van der Waals surface area contributed by atoms with Crippen LogP contribution in [0.4, 0.5) is 5.69 Å². The Morgan fingerprint density at radius 2 is 1.86 bits per heavy atom. The fraction of sp³-hybridized carbons (Fsp3) is 0.0435. The van der Waals surface area contributed by atoms with Crippen molar-refractivity contribution in [2.45, 2.75) is 6.92 Å². The number of hydrogen-bond acceptors (Lipinski definition) is 4. The molecule has 1 N–H and O–H groups in total. The number of furan rings is 1. The summed E-state index contributed by atoms with van der Waals surface area (Å²) in [6, 6.07) is 20.9. The second kappa shape index (κ2) is 7.03. The van der Waals surface area contributed by atoms with Crippen molar-refractivity contribution in [2.24, 2.45) is 0 Å². The Balaban J connectivity index is 1.49. The third kappa shape index (κ3) is 3.18. The van der Waals surface area contributed by atoms with Crippen LogP contribution in [0.2, 0.25) is 5.02 Å². The molecule has 0 fully saturated rings. The van der Waals surface area contributed by atoms with E-state index in [9.17, 15) is 4.79 Å². The van der Waals surface area contributed by atoms with Gasteiger partial charge >= 0.3 is 0 Å². The minimum absolute atomic E-state index is 0.295. The Labute approximate surface area is 175 Å². The van der Waals surface area contributed by atoms with Crippen LogP contribution >= 0.6 is 22.9 Å². The number of para-hydroxylation sites is 2. The molecule has 2 aromatic heterocycles. The van der Waals surface area contributed by atoms with Gasteiger partial charge in [0.2, 0.25) is 0 Å². The molecule has 3 aromatic carbocycles. The van der Waals surface area contributed by atoms with Gasteiger partial charge in [0, 0.05) is 22.2 Å². The minimum Gasteiger partial charge on any atom is -0.451 e. The van der Waals surface area contributed by atoms with E-state index in [0.29, 0.717) is 22.1 Å². The molecular weight excluding hydrogens is 404 g/mol. The molecule has 1 amide bonds. The average molecular weight is 419 g/mol. The quantitative estimate of drug-likeness (QED) is 0.346. The SMILES string of the molecule is Cc1c(C(=O)Nc2ccc(Cl)c(-c3nc4ccccc4s3)c2)oc2ccccc12. The standard InChI is InChI=1S/C23H15ClN2O2S/c1-13-15-6-2-4-8-19(15)28-21(13)22(27)25-14-10-11-17(24)16(12-14)23-26-18-7-3-5-9-20(18)29-23/h2-12H,1H3,(H,25,27). The maximum atomic E-state index is 12.8. The van der Waals surface area contributed by atoms with E-state index in [1.807, 2.05) is 61.5 Å². The topological polar surface area (TPSA) is 55.1 Å². The molecule has 0 unspecified atom stereocenters. The highest BCUT2D eigenvalue weighted by molar-refractivity contribution is 7.21. The summed E-state index contributed by atoms with van der Waals surface area (Å²) < 4.78 is 6.85. The molecular formula is C23H15ClN2O2S. The molecule has 0 saturated carbocycles. The van der Waals surface area contributed by atoms with Crippen molar-refractivity contribution in [3.8, 4) is 10.6 Å². The fourth-order valence-electron chi connectivity index (χ4n) is 3.33. The summed E-state index contributed by atoms with van der Waals surface area (Å²) in [5.74, 6) is 0.0129. The highest BCUT2D eigenvalue weighted by Gasteiger charge is 2.18. The number of nitrogens with zero attached hydrogens (tertiary/aromatic N) is 1. The van der Waals surface area contributed by atoms with Crippen molar-refractivity contribution in [1.29, 1.82) is 0 Å². The molecule has 4 nitrogen and oxygen atoms in total. The van der Waals surface area contributed by atoms with E-state index in [4.69, 9.17) is 16.0 Å². The number of amides is 1. The maximum Gasteiger partial charge on any atom is 0.291 e. The number of hydrogen-bond donors (Lipinski definition) is 1. The summed E-state index contributed by atoms with van der Waals surface area (Å²) in [6.07, 6.45) is 0. The van der Waals surface area contributed by atoms with Crippen molar-refractivity contribution in [1.82, 2.24) is 4.98 Å². The third-order valence-electron chi connectivity index (χ3n) is 4.80. The number of carbonyl (C=O) groups is 1. The normalized spacial score (nSPS) is 11.2. The molecule has 5 rings (SSSR count). The van der Waals surface area contributed by atoms with Crippen LogP contribution in [0.1, 0.15) is 16.1 Å². The van der Waals surface area contributed by atoms with Crippen molar-refractivity contribution < 1.29 is 9.21 Å². The summed E-state index contributed by atoms with van der Waals surface area (Å²) in [5.41, 5.74) is 3.86. The van der Waals surface area contributed by atoms with Crippen molar-refractivity contribution in [3.05, 3.63) is 83.1 Å². The molecule has 0 aliphatic carbocycles. The number of thiazole rings is 1. The predicted octanol–water partition coefficient (Wildman–Crippen LogP) is 6.92. The number of fused-ring (bicyclic) bond motifs is 2. The molecule has 6 heteroatoms. The van der Waals surface area contributed by atoms with Gasteiger partial charge in [0.05, 0.1) is 15.2 Å². The van der Waals surface area contributed by atoms with Crippen LogP contribution in [0.3, 0.4) is 0 Å². The van der Waals surface area contributed by atoms with Crippen molar-refractivity contribution >= 4 is 55.7 Å². The number of aromatic nitrogens is 1. The van der Waals surface area contributed by atoms with Gasteiger partial charge in [-0.15, -0.1) is 11.3 Å². The molecule has 142 valence electrons. The Morgan fingerprint density at radius 1 is 1.07 bits per heavy atom. The number of aryl methyl sites for hydroxylation is 1. The fourth-order valence-corrected chi connectivity index (χ4v) is 4.59. The van der Waals surface area contributed by atoms with E-state index in [0.717, 1.165) is 31.7 Å². The predicted molar refractivity (Wildman–Crippen MR) is 119 cm³/mol. The van der Waals surface area contributed by atoms with Crippen LogP contribution in [-0.4, -0.2) is 10.9 Å². The van der Waals surface area contributed by atoms with Gasteiger partial charge in [-0.3, -0.25) is 4.79 Å². The van der Waals surface area contributed by atoms with Gasteiger partial charge in [-0.05, 0) is 43.3 Å². The van der Waals surface area contributed by atoms with Crippen molar-refractivity contribution in [3.63, 3.8) is 0 Å². The van der Waals surface area contributed by atoms with Crippen LogP contribution in [-0.2, 0) is 0 Å². The number of halogens is 1. The zero-order chi connectivity index (χ0) is 20.0. The third-order valence-corrected chi connectivity index (χ3v) is 6.20. The molecule has 0 atom stereocenters. The largest absolute Gasteiger partial charge is 0.451 e. The van der Waals surface area contributed by atoms with Gasteiger partial charge in [-0.25, -0.2) is 4.98 Å². The van der Waals surface area contributed by atoms with E-state index in [1.165, 1.54) is 0 Å². The molecule has 0 radical (unpaired) electrons. The first-order valence-corrected chi connectivity index (χ1v) is 10.2. The smallest absolute Gasteiger partial charge is 0.291 e. The van der Waals surface area contributed by atoms with Crippen LogP contribution in [0.5, 0.6) is 0 Å². The Morgan fingerprint density at radius 3 is 2.69 bits per heavy atom. The van der Waals surface area contributed by atoms with E-state index in [1.54, 1.807) is 23.5 Å². The lowest BCUT2D eigenvalue weighted by Crippen LogP contribution is -2.12. The van der Waals surface area contributed by atoms with Gasteiger partial charge in [0.1, 0.15) is 10.6 Å². The number of nitrogens with one attached hydrogen (secondary N) is 1. The minimum atomic E-state index is -0.295. The summed E-state index contributed by atoms with van der Waals surface area (Å²) in [5, 5.41) is 5.25. The molecule has 0 spiro atoms. The first kappa shape index (κ1) is 17.9. The number of benzene rings is 3. The summed E-state index contributed by atoms with van der Waals surface area (Å²) in [7, 11) is 0. The van der Waals surface area contributed by atoms with Crippen LogP contribution in [0, 0.1) is 6.92 Å². The van der Waals surface area contributed by atoms with Crippen LogP contribution in [0.15, 0.2) is 71.1 Å². The first-order chi connectivity index (χ1) is 14.1. The van der Waals surface area contributed by atoms with Crippen LogP contribution < -0.4 is 5.32 Å². The summed E-state index contributed by atoms with van der Waals surface area (Å²) >= 11 is 7.99. The van der Waals surface area contributed by atoms with Gasteiger partial charge in [0.15, 0.2) is 5.76 Å². The summed E-state index contributed by atoms with van der Waals surface area (Å²) in [4.78, 5) is 17.5. The van der Waals surface area contributed by atoms with E-state index < -0.39 is 0 Å². The summed E-state index contributed by atoms with van der Waals surface area (Å²) in [6.45, 7) is 1.88. The maximum absolute atomic E-state index is 12.8. The lowest BCUT2D eigenvalue weighted by atomic mass is 10.1. The van der Waals surface area contributed by atoms with Gasteiger partial charge in [-0.2, -0.15) is 0 Å². The second-order valence-corrected chi connectivity index (χ2v) is 8.13. The van der Waals surface area contributed by atoms with Gasteiger partial charge < -0.3 is 9.73 Å². The van der Waals surface area contributed by atoms with Gasteiger partial charge in [-0.1, -0.05) is 41.9 Å². The number of anilines is 1. The average Bonchev–Trinajstić information content (AvgIpc) is 3.31. The van der Waals surface area contributed by atoms with E-state index in [-0.39, 0.29) is 5.91 Å². The van der Waals surface area contributed by atoms with E-state index in [2.05, 4.69) is 10.3 Å². The molecule has 0 aliphatic heterocycles. The molecule has 0 bridgehead atoms. The highest BCUT2D eigenvalue weighted by Crippen LogP contribution is 2.36. The Hall–Kier alpha value is -3.15. The van der Waals surface area contributed by atoms with Crippen molar-refractivity contribution in [2.75, 3.05) is 5.32 Å². The Kier molecular flexibility index (Phi) is 4.34. The zero-order valence-electron chi connectivity index (χ0n) is 15.4. The molecule has 5 aromatic rings. The van der Waals surface area contributed by atoms with E-state index >= 15 is 0 Å². The first-order valence-electron chi connectivity index (χ1n) is 9.05. The Bertz CT molecular complexity index is 1350. The molecule has 2 heterocycles. The lowest BCUT2D eigenvalue weighted by Gasteiger charge is -2.07.